The quantitative estimate of drug-likeness (QED) is 0.762. The van der Waals surface area contributed by atoms with Crippen molar-refractivity contribution in [3.63, 3.8) is 0 Å². The lowest BCUT2D eigenvalue weighted by molar-refractivity contribution is -0.137. The topological polar surface area (TPSA) is 70.7 Å². The lowest BCUT2D eigenvalue weighted by Gasteiger charge is -2.27. The van der Waals surface area contributed by atoms with Gasteiger partial charge in [-0.15, -0.1) is 12.4 Å². The molecular formula is C13H24ClN3O3. The number of amides is 2. The van der Waals surface area contributed by atoms with Crippen LogP contribution in [-0.4, -0.2) is 62.1 Å². The molecular weight excluding hydrogens is 282 g/mol. The van der Waals surface area contributed by atoms with E-state index < -0.39 is 0 Å². The van der Waals surface area contributed by atoms with Crippen LogP contribution in [0.4, 0.5) is 0 Å². The molecule has 0 aromatic heterocycles. The van der Waals surface area contributed by atoms with E-state index in [0.717, 1.165) is 25.9 Å². The Morgan fingerprint density at radius 1 is 1.25 bits per heavy atom. The molecule has 116 valence electrons. The number of halogens is 1. The van der Waals surface area contributed by atoms with Crippen molar-refractivity contribution < 1.29 is 14.3 Å². The Kier molecular flexibility index (Phi) is 7.87. The molecule has 0 aliphatic carbocycles. The van der Waals surface area contributed by atoms with Crippen molar-refractivity contribution in [3.8, 4) is 0 Å². The second-order valence-electron chi connectivity index (χ2n) is 5.10. The van der Waals surface area contributed by atoms with Gasteiger partial charge in [0, 0.05) is 38.5 Å². The maximum absolute atomic E-state index is 11.9. The van der Waals surface area contributed by atoms with Crippen LogP contribution in [0, 0.1) is 0 Å². The molecule has 2 rings (SSSR count). The monoisotopic (exact) mass is 305 g/mol. The minimum Gasteiger partial charge on any atom is -0.378 e. The smallest absolute Gasteiger partial charge is 0.223 e. The molecule has 0 bridgehead atoms. The van der Waals surface area contributed by atoms with E-state index in [2.05, 4.69) is 10.6 Å². The molecule has 2 aliphatic rings. The molecule has 0 saturated carbocycles. The minimum absolute atomic E-state index is 0. The average Bonchev–Trinajstić information content (AvgIpc) is 2.47. The van der Waals surface area contributed by atoms with Crippen LogP contribution in [-0.2, 0) is 14.3 Å². The van der Waals surface area contributed by atoms with Crippen LogP contribution in [0.25, 0.3) is 0 Å². The van der Waals surface area contributed by atoms with Gasteiger partial charge in [-0.25, -0.2) is 0 Å². The molecule has 2 aliphatic heterocycles. The average molecular weight is 306 g/mol. The van der Waals surface area contributed by atoms with Crippen molar-refractivity contribution in [2.24, 2.45) is 0 Å². The molecule has 7 heteroatoms. The second kappa shape index (κ2) is 9.15. The van der Waals surface area contributed by atoms with Gasteiger partial charge in [-0.3, -0.25) is 9.59 Å². The number of ether oxygens (including phenoxy) is 1. The molecule has 2 N–H and O–H groups in total. The number of hydrogen-bond acceptors (Lipinski definition) is 4. The first-order chi connectivity index (χ1) is 9.25. The van der Waals surface area contributed by atoms with Gasteiger partial charge >= 0.3 is 0 Å². The lowest BCUT2D eigenvalue weighted by atomic mass is 10.1. The fourth-order valence-electron chi connectivity index (χ4n) is 2.47. The summed E-state index contributed by atoms with van der Waals surface area (Å²) in [6.45, 7) is 4.36. The largest absolute Gasteiger partial charge is 0.378 e. The van der Waals surface area contributed by atoms with Crippen molar-refractivity contribution in [2.45, 2.75) is 31.7 Å². The van der Waals surface area contributed by atoms with Crippen LogP contribution in [0.3, 0.4) is 0 Å². The van der Waals surface area contributed by atoms with Crippen LogP contribution in [0.15, 0.2) is 0 Å². The SMILES string of the molecule is Cl.O=C(CCC(=O)N1CCOCC1)N[C@H]1CCCNC1. The molecule has 2 heterocycles. The molecule has 6 nitrogen and oxygen atoms in total. The van der Waals surface area contributed by atoms with E-state index >= 15 is 0 Å². The summed E-state index contributed by atoms with van der Waals surface area (Å²) in [5, 5.41) is 6.23. The number of hydrogen-bond donors (Lipinski definition) is 2. The van der Waals surface area contributed by atoms with Gasteiger partial charge in [-0.05, 0) is 19.4 Å². The molecule has 0 unspecified atom stereocenters. The molecule has 0 aromatic carbocycles. The highest BCUT2D eigenvalue weighted by Crippen LogP contribution is 2.04. The standard InChI is InChI=1S/C13H23N3O3.ClH/c17-12(15-11-2-1-5-14-10-11)3-4-13(18)16-6-8-19-9-7-16;/h11,14H,1-10H2,(H,15,17);1H/t11-;/m0./s1. The summed E-state index contributed by atoms with van der Waals surface area (Å²) in [5.41, 5.74) is 0. The fraction of sp³-hybridized carbons (Fsp3) is 0.846. The van der Waals surface area contributed by atoms with E-state index in [-0.39, 0.29) is 36.7 Å². The third-order valence-electron chi connectivity index (χ3n) is 3.59. The van der Waals surface area contributed by atoms with Gasteiger partial charge in [0.15, 0.2) is 0 Å². The van der Waals surface area contributed by atoms with Crippen LogP contribution >= 0.6 is 12.4 Å². The van der Waals surface area contributed by atoms with Crippen LogP contribution in [0.5, 0.6) is 0 Å². The molecule has 2 saturated heterocycles. The Morgan fingerprint density at radius 3 is 2.65 bits per heavy atom. The normalized spacial score (nSPS) is 22.8. The van der Waals surface area contributed by atoms with Crippen molar-refractivity contribution in [3.05, 3.63) is 0 Å². The Bertz CT molecular complexity index is 316. The zero-order chi connectivity index (χ0) is 13.5. The maximum atomic E-state index is 11.9. The summed E-state index contributed by atoms with van der Waals surface area (Å²) in [6, 6.07) is 0.222. The highest BCUT2D eigenvalue weighted by Gasteiger charge is 2.19. The van der Waals surface area contributed by atoms with Gasteiger partial charge in [-0.2, -0.15) is 0 Å². The number of piperidine rings is 1. The lowest BCUT2D eigenvalue weighted by Crippen LogP contribution is -2.46. The molecule has 2 amide bonds. The summed E-state index contributed by atoms with van der Waals surface area (Å²) in [4.78, 5) is 25.4. The molecule has 1 atom stereocenters. The summed E-state index contributed by atoms with van der Waals surface area (Å²) >= 11 is 0. The number of carbonyl (C=O) groups excluding carboxylic acids is 2. The predicted octanol–water partition coefficient (Wildman–Crippen LogP) is -0.0846. The van der Waals surface area contributed by atoms with Crippen LogP contribution < -0.4 is 10.6 Å². The highest BCUT2D eigenvalue weighted by atomic mass is 35.5. The Labute approximate surface area is 126 Å². The molecule has 20 heavy (non-hydrogen) atoms. The number of rotatable bonds is 4. The fourth-order valence-corrected chi connectivity index (χ4v) is 2.47. The van der Waals surface area contributed by atoms with E-state index in [9.17, 15) is 9.59 Å². The summed E-state index contributed by atoms with van der Waals surface area (Å²) < 4.78 is 5.20. The molecule has 0 spiro atoms. The van der Waals surface area contributed by atoms with E-state index in [1.807, 2.05) is 0 Å². The number of nitrogens with zero attached hydrogens (tertiary/aromatic N) is 1. The van der Waals surface area contributed by atoms with E-state index in [1.54, 1.807) is 4.90 Å². The van der Waals surface area contributed by atoms with Crippen molar-refractivity contribution in [1.82, 2.24) is 15.5 Å². The van der Waals surface area contributed by atoms with Gasteiger partial charge < -0.3 is 20.3 Å². The van der Waals surface area contributed by atoms with E-state index in [1.165, 1.54) is 0 Å². The van der Waals surface area contributed by atoms with Crippen molar-refractivity contribution in [1.29, 1.82) is 0 Å². The summed E-state index contributed by atoms with van der Waals surface area (Å²) in [6.07, 6.45) is 2.70. The molecule has 0 radical (unpaired) electrons. The number of morpholine rings is 1. The third-order valence-corrected chi connectivity index (χ3v) is 3.59. The maximum Gasteiger partial charge on any atom is 0.223 e. The van der Waals surface area contributed by atoms with Crippen LogP contribution in [0.2, 0.25) is 0 Å². The molecule has 2 fully saturated rings. The Balaban J connectivity index is 0.00000200. The van der Waals surface area contributed by atoms with Crippen LogP contribution in [0.1, 0.15) is 25.7 Å². The number of carbonyl (C=O) groups is 2. The van der Waals surface area contributed by atoms with Gasteiger partial charge in [0.2, 0.25) is 11.8 Å². The van der Waals surface area contributed by atoms with E-state index in [0.29, 0.717) is 32.7 Å². The van der Waals surface area contributed by atoms with Gasteiger partial charge in [0.25, 0.3) is 0 Å². The van der Waals surface area contributed by atoms with Gasteiger partial charge in [0.1, 0.15) is 0 Å². The second-order valence-corrected chi connectivity index (χ2v) is 5.10. The first kappa shape index (κ1) is 17.2. The summed E-state index contributed by atoms with van der Waals surface area (Å²) in [7, 11) is 0. The third kappa shape index (κ3) is 5.64. The van der Waals surface area contributed by atoms with Crippen molar-refractivity contribution in [2.75, 3.05) is 39.4 Å². The zero-order valence-corrected chi connectivity index (χ0v) is 12.5. The van der Waals surface area contributed by atoms with Gasteiger partial charge in [0.05, 0.1) is 13.2 Å². The zero-order valence-electron chi connectivity index (χ0n) is 11.7. The highest BCUT2D eigenvalue weighted by molar-refractivity contribution is 5.85. The predicted molar refractivity (Wildman–Crippen MR) is 77.9 cm³/mol. The first-order valence-corrected chi connectivity index (χ1v) is 7.11. The minimum atomic E-state index is -0.0182. The van der Waals surface area contributed by atoms with Gasteiger partial charge in [-0.1, -0.05) is 0 Å². The Morgan fingerprint density at radius 2 is 2.00 bits per heavy atom. The first-order valence-electron chi connectivity index (χ1n) is 7.11. The van der Waals surface area contributed by atoms with E-state index in [4.69, 9.17) is 4.74 Å². The summed E-state index contributed by atoms with van der Waals surface area (Å²) in [5.74, 6) is 0.0375. The molecule has 0 aromatic rings. The number of nitrogens with one attached hydrogen (secondary N) is 2. The van der Waals surface area contributed by atoms with Crippen molar-refractivity contribution >= 4 is 24.2 Å². The Hall–Kier alpha value is -0.850.